The monoisotopic (exact) mass is 329 g/mol. The Kier molecular flexibility index (Phi) is 3.47. The molecule has 0 amide bonds. The summed E-state index contributed by atoms with van der Waals surface area (Å²) in [5, 5.41) is 7.55. The van der Waals surface area contributed by atoms with E-state index in [0.717, 1.165) is 21.5 Å². The topological polar surface area (TPSA) is 55.6 Å². The summed E-state index contributed by atoms with van der Waals surface area (Å²) in [6, 6.07) is 9.99. The minimum atomic E-state index is 0.545. The van der Waals surface area contributed by atoms with Crippen LogP contribution in [0.3, 0.4) is 0 Å². The van der Waals surface area contributed by atoms with Gasteiger partial charge in [0, 0.05) is 12.4 Å². The summed E-state index contributed by atoms with van der Waals surface area (Å²) in [7, 11) is 0. The molecule has 0 aliphatic carbocycles. The number of nitrogens with one attached hydrogen (secondary N) is 1. The average Bonchev–Trinajstić information content (AvgIpc) is 2.84. The lowest BCUT2D eigenvalue weighted by atomic mass is 10.3. The molecular weight excluding hydrogens is 318 g/mol. The average molecular weight is 330 g/mol. The number of halogens is 1. The zero-order valence-electron chi connectivity index (χ0n) is 10.8. The number of rotatable bonds is 3. The standard InChI is InChI=1S/C14H12BrN5/c1-10-13(19-14-16-7-11(15)8-17-14)9-18-20(10)12-5-3-2-4-6-12/h2-9H,1H3,(H,16,17,19). The Morgan fingerprint density at radius 3 is 2.45 bits per heavy atom. The third-order valence-corrected chi connectivity index (χ3v) is 3.29. The second kappa shape index (κ2) is 5.42. The maximum absolute atomic E-state index is 4.39. The van der Waals surface area contributed by atoms with E-state index in [1.54, 1.807) is 18.6 Å². The van der Waals surface area contributed by atoms with Crippen LogP contribution < -0.4 is 5.32 Å². The molecule has 3 rings (SSSR count). The van der Waals surface area contributed by atoms with Crippen molar-refractivity contribution in [2.75, 3.05) is 5.32 Å². The van der Waals surface area contributed by atoms with Gasteiger partial charge in [0.15, 0.2) is 0 Å². The predicted molar refractivity (Wildman–Crippen MR) is 81.3 cm³/mol. The molecule has 0 radical (unpaired) electrons. The summed E-state index contributed by atoms with van der Waals surface area (Å²) in [6.45, 7) is 2.00. The molecule has 20 heavy (non-hydrogen) atoms. The minimum Gasteiger partial charge on any atom is -0.321 e. The second-order valence-electron chi connectivity index (χ2n) is 4.24. The van der Waals surface area contributed by atoms with Crippen LogP contribution in [0.5, 0.6) is 0 Å². The van der Waals surface area contributed by atoms with E-state index in [1.165, 1.54) is 0 Å². The van der Waals surface area contributed by atoms with Gasteiger partial charge in [-0.1, -0.05) is 18.2 Å². The smallest absolute Gasteiger partial charge is 0.227 e. The minimum absolute atomic E-state index is 0.545. The second-order valence-corrected chi connectivity index (χ2v) is 5.16. The molecule has 0 aliphatic heterocycles. The molecule has 0 atom stereocenters. The van der Waals surface area contributed by atoms with Gasteiger partial charge in [0.25, 0.3) is 0 Å². The van der Waals surface area contributed by atoms with Gasteiger partial charge in [0.05, 0.1) is 27.7 Å². The molecule has 3 aromatic rings. The van der Waals surface area contributed by atoms with Gasteiger partial charge < -0.3 is 5.32 Å². The highest BCUT2D eigenvalue weighted by Crippen LogP contribution is 2.20. The highest BCUT2D eigenvalue weighted by molar-refractivity contribution is 9.10. The largest absolute Gasteiger partial charge is 0.321 e. The number of hydrogen-bond acceptors (Lipinski definition) is 4. The maximum atomic E-state index is 4.39. The Balaban J connectivity index is 1.89. The zero-order valence-corrected chi connectivity index (χ0v) is 12.4. The van der Waals surface area contributed by atoms with Crippen molar-refractivity contribution in [3.05, 3.63) is 59.1 Å². The molecule has 1 N–H and O–H groups in total. The molecule has 100 valence electrons. The van der Waals surface area contributed by atoms with Crippen LogP contribution in [-0.4, -0.2) is 19.7 Å². The zero-order chi connectivity index (χ0) is 13.9. The van der Waals surface area contributed by atoms with Gasteiger partial charge in [-0.05, 0) is 35.0 Å². The summed E-state index contributed by atoms with van der Waals surface area (Å²) in [5.41, 5.74) is 2.91. The van der Waals surface area contributed by atoms with Crippen molar-refractivity contribution in [1.82, 2.24) is 19.7 Å². The number of anilines is 2. The summed E-state index contributed by atoms with van der Waals surface area (Å²) in [5.74, 6) is 0.545. The van der Waals surface area contributed by atoms with Crippen molar-refractivity contribution < 1.29 is 0 Å². The Morgan fingerprint density at radius 1 is 1.05 bits per heavy atom. The van der Waals surface area contributed by atoms with Gasteiger partial charge in [-0.15, -0.1) is 0 Å². The molecule has 0 spiro atoms. The summed E-state index contributed by atoms with van der Waals surface area (Å²) < 4.78 is 2.72. The third kappa shape index (κ3) is 2.55. The van der Waals surface area contributed by atoms with E-state index in [4.69, 9.17) is 0 Å². The Morgan fingerprint density at radius 2 is 1.75 bits per heavy atom. The van der Waals surface area contributed by atoms with Crippen LogP contribution in [0.25, 0.3) is 5.69 Å². The van der Waals surface area contributed by atoms with Gasteiger partial charge in [0.2, 0.25) is 5.95 Å². The first-order chi connectivity index (χ1) is 9.74. The van der Waals surface area contributed by atoms with Crippen molar-refractivity contribution in [2.45, 2.75) is 6.92 Å². The van der Waals surface area contributed by atoms with E-state index < -0.39 is 0 Å². The summed E-state index contributed by atoms with van der Waals surface area (Å²) in [6.07, 6.45) is 5.17. The first-order valence-electron chi connectivity index (χ1n) is 6.08. The number of benzene rings is 1. The van der Waals surface area contributed by atoms with E-state index in [1.807, 2.05) is 41.9 Å². The molecular formula is C14H12BrN5. The maximum Gasteiger partial charge on any atom is 0.227 e. The van der Waals surface area contributed by atoms with Crippen LogP contribution in [-0.2, 0) is 0 Å². The fraction of sp³-hybridized carbons (Fsp3) is 0.0714. The van der Waals surface area contributed by atoms with E-state index in [9.17, 15) is 0 Å². The van der Waals surface area contributed by atoms with E-state index in [0.29, 0.717) is 5.95 Å². The van der Waals surface area contributed by atoms with Gasteiger partial charge in [0.1, 0.15) is 0 Å². The molecule has 0 aliphatic rings. The first-order valence-corrected chi connectivity index (χ1v) is 6.88. The fourth-order valence-electron chi connectivity index (χ4n) is 1.86. The number of aromatic nitrogens is 4. The van der Waals surface area contributed by atoms with Crippen molar-refractivity contribution in [1.29, 1.82) is 0 Å². The van der Waals surface area contributed by atoms with Crippen LogP contribution in [0.15, 0.2) is 53.4 Å². The molecule has 5 nitrogen and oxygen atoms in total. The molecule has 6 heteroatoms. The molecule has 0 saturated heterocycles. The van der Waals surface area contributed by atoms with Gasteiger partial charge >= 0.3 is 0 Å². The van der Waals surface area contributed by atoms with Gasteiger partial charge in [-0.25, -0.2) is 14.6 Å². The quantitative estimate of drug-likeness (QED) is 0.799. The molecule has 0 saturated carbocycles. The summed E-state index contributed by atoms with van der Waals surface area (Å²) in [4.78, 5) is 8.38. The SMILES string of the molecule is Cc1c(Nc2ncc(Br)cn2)cnn1-c1ccccc1. The third-order valence-electron chi connectivity index (χ3n) is 2.88. The van der Waals surface area contributed by atoms with Gasteiger partial charge in [-0.3, -0.25) is 0 Å². The molecule has 2 heterocycles. The lowest BCUT2D eigenvalue weighted by Crippen LogP contribution is -2.00. The Hall–Kier alpha value is -2.21. The molecule has 0 bridgehead atoms. The highest BCUT2D eigenvalue weighted by atomic mass is 79.9. The van der Waals surface area contributed by atoms with Gasteiger partial charge in [-0.2, -0.15) is 5.10 Å². The van der Waals surface area contributed by atoms with Crippen LogP contribution >= 0.6 is 15.9 Å². The van der Waals surface area contributed by atoms with E-state index >= 15 is 0 Å². The predicted octanol–water partition coefficient (Wildman–Crippen LogP) is 3.48. The molecule has 0 fully saturated rings. The van der Waals surface area contributed by atoms with E-state index in [-0.39, 0.29) is 0 Å². The van der Waals surface area contributed by atoms with Crippen LogP contribution in [0, 0.1) is 6.92 Å². The normalized spacial score (nSPS) is 10.5. The van der Waals surface area contributed by atoms with Crippen LogP contribution in [0.1, 0.15) is 5.69 Å². The molecule has 0 unspecified atom stereocenters. The Bertz CT molecular complexity index is 706. The van der Waals surface area contributed by atoms with Crippen molar-refractivity contribution in [3.63, 3.8) is 0 Å². The van der Waals surface area contributed by atoms with Crippen molar-refractivity contribution >= 4 is 27.6 Å². The fourth-order valence-corrected chi connectivity index (χ4v) is 2.06. The lowest BCUT2D eigenvalue weighted by molar-refractivity contribution is 0.847. The lowest BCUT2D eigenvalue weighted by Gasteiger charge is -2.06. The number of nitrogens with zero attached hydrogens (tertiary/aromatic N) is 4. The number of hydrogen-bond donors (Lipinski definition) is 1. The summed E-state index contributed by atoms with van der Waals surface area (Å²) >= 11 is 3.31. The Labute approximate surface area is 124 Å². The van der Waals surface area contributed by atoms with E-state index in [2.05, 4.69) is 36.3 Å². The molecule has 1 aromatic carbocycles. The highest BCUT2D eigenvalue weighted by Gasteiger charge is 2.08. The first kappa shape index (κ1) is 12.8. The molecule has 2 aromatic heterocycles. The van der Waals surface area contributed by atoms with Crippen molar-refractivity contribution in [3.8, 4) is 5.69 Å². The van der Waals surface area contributed by atoms with Crippen molar-refractivity contribution in [2.24, 2.45) is 0 Å². The number of para-hydroxylation sites is 1. The van der Waals surface area contributed by atoms with Crippen LogP contribution in [0.2, 0.25) is 0 Å². The van der Waals surface area contributed by atoms with Crippen LogP contribution in [0.4, 0.5) is 11.6 Å².